The first-order chi connectivity index (χ1) is 13.5. The van der Waals surface area contributed by atoms with Crippen molar-refractivity contribution in [3.05, 3.63) is 88.7 Å². The molecule has 0 aromatic heterocycles. The Labute approximate surface area is 174 Å². The summed E-state index contributed by atoms with van der Waals surface area (Å²) in [7, 11) is 0. The van der Waals surface area contributed by atoms with E-state index in [4.69, 9.17) is 17.0 Å². The number of thiocarbonyl (C=S) groups is 1. The van der Waals surface area contributed by atoms with Crippen molar-refractivity contribution in [2.45, 2.75) is 11.9 Å². The van der Waals surface area contributed by atoms with Crippen molar-refractivity contribution in [2.75, 3.05) is 19.7 Å². The Kier molecular flexibility index (Phi) is 8.93. The predicted octanol–water partition coefficient (Wildman–Crippen LogP) is 4.31. The lowest BCUT2D eigenvalue weighted by molar-refractivity contribution is -0.384. The summed E-state index contributed by atoms with van der Waals surface area (Å²) < 4.78 is 5.85. The fourth-order valence-electron chi connectivity index (χ4n) is 2.45. The fraction of sp³-hybridized carbons (Fsp3) is 0.250. The Balaban J connectivity index is 2.00. The summed E-state index contributed by atoms with van der Waals surface area (Å²) >= 11 is 7.07. The van der Waals surface area contributed by atoms with Gasteiger partial charge in [-0.15, -0.1) is 0 Å². The Morgan fingerprint density at radius 3 is 2.57 bits per heavy atom. The molecule has 2 aromatic rings. The molecule has 6 nitrogen and oxygen atoms in total. The van der Waals surface area contributed by atoms with Crippen LogP contribution in [0.15, 0.2) is 67.4 Å². The van der Waals surface area contributed by atoms with Crippen molar-refractivity contribution in [2.24, 2.45) is 0 Å². The number of nitro benzene ring substituents is 1. The Bertz CT molecular complexity index is 785. The number of rotatable bonds is 10. The Morgan fingerprint density at radius 1 is 1.29 bits per heavy atom. The van der Waals surface area contributed by atoms with Crippen molar-refractivity contribution < 1.29 is 14.8 Å². The van der Waals surface area contributed by atoms with Crippen LogP contribution in [0.5, 0.6) is 0 Å². The van der Waals surface area contributed by atoms with Gasteiger partial charge in [0.05, 0.1) is 23.8 Å². The first-order valence-corrected chi connectivity index (χ1v) is 10.0. The van der Waals surface area contributed by atoms with E-state index in [0.29, 0.717) is 23.0 Å². The maximum atomic E-state index is 10.8. The zero-order chi connectivity index (χ0) is 20.4. The van der Waals surface area contributed by atoms with Crippen molar-refractivity contribution in [1.29, 1.82) is 0 Å². The van der Waals surface area contributed by atoms with Crippen LogP contribution in [0.1, 0.15) is 17.2 Å². The lowest BCUT2D eigenvalue weighted by Gasteiger charge is -2.27. The lowest BCUT2D eigenvalue weighted by Crippen LogP contribution is -2.34. The second-order valence-corrected chi connectivity index (χ2v) is 7.50. The van der Waals surface area contributed by atoms with Gasteiger partial charge in [0.25, 0.3) is 5.69 Å². The van der Waals surface area contributed by atoms with E-state index in [2.05, 4.69) is 6.58 Å². The van der Waals surface area contributed by atoms with Crippen LogP contribution in [0.25, 0.3) is 0 Å². The molecule has 28 heavy (non-hydrogen) atoms. The molecule has 0 radical (unpaired) electrons. The summed E-state index contributed by atoms with van der Waals surface area (Å²) in [6, 6.07) is 15.9. The third-order valence-electron chi connectivity index (χ3n) is 3.94. The molecule has 0 aliphatic carbocycles. The second-order valence-electron chi connectivity index (χ2n) is 5.89. The van der Waals surface area contributed by atoms with Gasteiger partial charge in [0.2, 0.25) is 0 Å². The van der Waals surface area contributed by atoms with E-state index < -0.39 is 11.0 Å². The number of thioether (sulfide) groups is 1. The van der Waals surface area contributed by atoms with Crippen LogP contribution >= 0.6 is 24.0 Å². The van der Waals surface area contributed by atoms with Gasteiger partial charge in [-0.25, -0.2) is 0 Å². The highest BCUT2D eigenvalue weighted by Crippen LogP contribution is 2.22. The SMILES string of the molecule is C=COCCN(CC(O)c1ccc([N+](=O)[O-])cc1)C(=S)SCc1ccccc1. The summed E-state index contributed by atoms with van der Waals surface area (Å²) in [5, 5.41) is 21.3. The molecule has 0 amide bonds. The average molecular weight is 419 g/mol. The largest absolute Gasteiger partial charge is 0.500 e. The molecule has 0 saturated carbocycles. The molecule has 1 unspecified atom stereocenters. The quantitative estimate of drug-likeness (QED) is 0.203. The first kappa shape index (κ1) is 21.9. The molecular formula is C20H22N2O4S2. The van der Waals surface area contributed by atoms with Crippen molar-refractivity contribution in [3.63, 3.8) is 0 Å². The number of non-ortho nitro benzene ring substituents is 1. The molecule has 1 atom stereocenters. The third kappa shape index (κ3) is 6.95. The van der Waals surface area contributed by atoms with E-state index in [1.54, 1.807) is 12.1 Å². The molecule has 0 aliphatic rings. The van der Waals surface area contributed by atoms with Crippen LogP contribution in [0, 0.1) is 10.1 Å². The molecule has 2 aromatic carbocycles. The Hall–Kier alpha value is -2.42. The summed E-state index contributed by atoms with van der Waals surface area (Å²) in [5.41, 5.74) is 1.74. The van der Waals surface area contributed by atoms with E-state index in [0.717, 1.165) is 11.3 Å². The topological polar surface area (TPSA) is 75.8 Å². The van der Waals surface area contributed by atoms with Crippen LogP contribution in [0.4, 0.5) is 5.69 Å². The molecule has 148 valence electrons. The maximum Gasteiger partial charge on any atom is 0.269 e. The number of aliphatic hydroxyl groups is 1. The van der Waals surface area contributed by atoms with Gasteiger partial charge in [0.15, 0.2) is 0 Å². The van der Waals surface area contributed by atoms with E-state index in [-0.39, 0.29) is 12.2 Å². The minimum absolute atomic E-state index is 0.0128. The van der Waals surface area contributed by atoms with Gasteiger partial charge >= 0.3 is 0 Å². The monoisotopic (exact) mass is 418 g/mol. The Morgan fingerprint density at radius 2 is 1.96 bits per heavy atom. The highest BCUT2D eigenvalue weighted by molar-refractivity contribution is 8.22. The van der Waals surface area contributed by atoms with E-state index in [1.807, 2.05) is 35.2 Å². The smallest absolute Gasteiger partial charge is 0.269 e. The van der Waals surface area contributed by atoms with Gasteiger partial charge < -0.3 is 14.7 Å². The van der Waals surface area contributed by atoms with Crippen LogP contribution in [-0.4, -0.2) is 38.9 Å². The van der Waals surface area contributed by atoms with Crippen molar-refractivity contribution >= 4 is 34.0 Å². The normalized spacial score (nSPS) is 11.5. The molecule has 0 heterocycles. The zero-order valence-electron chi connectivity index (χ0n) is 15.3. The minimum Gasteiger partial charge on any atom is -0.500 e. The number of nitro groups is 1. The van der Waals surface area contributed by atoms with Crippen LogP contribution in [0.2, 0.25) is 0 Å². The van der Waals surface area contributed by atoms with E-state index in [1.165, 1.54) is 30.2 Å². The van der Waals surface area contributed by atoms with Crippen molar-refractivity contribution in [3.8, 4) is 0 Å². The van der Waals surface area contributed by atoms with Gasteiger partial charge in [0, 0.05) is 24.4 Å². The molecule has 1 N–H and O–H groups in total. The van der Waals surface area contributed by atoms with Crippen LogP contribution < -0.4 is 0 Å². The molecule has 0 aliphatic heterocycles. The van der Waals surface area contributed by atoms with Gasteiger partial charge in [-0.05, 0) is 23.3 Å². The van der Waals surface area contributed by atoms with Gasteiger partial charge in [-0.1, -0.05) is 60.9 Å². The molecular weight excluding hydrogens is 396 g/mol. The maximum absolute atomic E-state index is 10.8. The molecule has 2 rings (SSSR count). The number of ether oxygens (including phenoxy) is 1. The van der Waals surface area contributed by atoms with E-state index >= 15 is 0 Å². The third-order valence-corrected chi connectivity index (χ3v) is 5.54. The van der Waals surface area contributed by atoms with Gasteiger partial charge in [0.1, 0.15) is 10.9 Å². The highest BCUT2D eigenvalue weighted by Gasteiger charge is 2.18. The standard InChI is InChI=1S/C20H22N2O4S2/c1-2-26-13-12-21(20(27)28-15-16-6-4-3-5-7-16)14-19(23)17-8-10-18(11-9-17)22(24)25/h2-11,19,23H,1,12-15H2. The van der Waals surface area contributed by atoms with E-state index in [9.17, 15) is 15.2 Å². The summed E-state index contributed by atoms with van der Waals surface area (Å²) in [5.74, 6) is 0.728. The van der Waals surface area contributed by atoms with Gasteiger partial charge in [-0.3, -0.25) is 10.1 Å². The zero-order valence-corrected chi connectivity index (χ0v) is 16.9. The summed E-state index contributed by atoms with van der Waals surface area (Å²) in [6.07, 6.45) is 0.533. The highest BCUT2D eigenvalue weighted by atomic mass is 32.2. The number of hydrogen-bond donors (Lipinski definition) is 1. The number of hydrogen-bond acceptors (Lipinski definition) is 6. The number of benzene rings is 2. The van der Waals surface area contributed by atoms with Crippen LogP contribution in [0.3, 0.4) is 0 Å². The predicted molar refractivity (Wildman–Crippen MR) is 116 cm³/mol. The molecule has 0 saturated heterocycles. The number of aliphatic hydroxyl groups excluding tert-OH is 1. The molecule has 0 spiro atoms. The van der Waals surface area contributed by atoms with Crippen molar-refractivity contribution in [1.82, 2.24) is 4.90 Å². The average Bonchev–Trinajstić information content (AvgIpc) is 2.72. The van der Waals surface area contributed by atoms with Crippen LogP contribution in [-0.2, 0) is 10.5 Å². The lowest BCUT2D eigenvalue weighted by atomic mass is 10.1. The number of nitrogens with zero attached hydrogens (tertiary/aromatic N) is 2. The molecule has 0 fully saturated rings. The molecule has 0 bridgehead atoms. The minimum atomic E-state index is -0.834. The second kappa shape index (κ2) is 11.4. The first-order valence-electron chi connectivity index (χ1n) is 8.62. The molecule has 8 heteroatoms. The summed E-state index contributed by atoms with van der Waals surface area (Å²) in [6.45, 7) is 4.68. The fourth-order valence-corrected chi connectivity index (χ4v) is 3.62. The van der Waals surface area contributed by atoms with Gasteiger partial charge in [-0.2, -0.15) is 0 Å². The summed E-state index contributed by atoms with van der Waals surface area (Å²) in [4.78, 5) is 12.2.